The van der Waals surface area contributed by atoms with Crippen LogP contribution in [0.15, 0.2) is 24.3 Å². The molecule has 76 valence electrons. The summed E-state index contributed by atoms with van der Waals surface area (Å²) in [4.78, 5) is 0.557. The molecule has 1 nitrogen and oxygen atoms in total. The van der Waals surface area contributed by atoms with Gasteiger partial charge in [0, 0.05) is 6.42 Å². The molecule has 0 aliphatic carbocycles. The van der Waals surface area contributed by atoms with Crippen LogP contribution in [-0.4, -0.2) is 4.99 Å². The SMILES string of the molecule is CC(C)(C)c1ccccc1CC(N)=S. The van der Waals surface area contributed by atoms with Crippen LogP contribution in [-0.2, 0) is 11.8 Å². The van der Waals surface area contributed by atoms with Crippen LogP contribution in [0.4, 0.5) is 0 Å². The molecule has 2 heteroatoms. The van der Waals surface area contributed by atoms with E-state index in [-0.39, 0.29) is 5.41 Å². The molecule has 0 bridgehead atoms. The third-order valence-corrected chi connectivity index (χ3v) is 2.33. The molecule has 1 aromatic carbocycles. The highest BCUT2D eigenvalue weighted by atomic mass is 32.1. The van der Waals surface area contributed by atoms with Gasteiger partial charge in [0.25, 0.3) is 0 Å². The van der Waals surface area contributed by atoms with E-state index in [1.807, 2.05) is 6.07 Å². The smallest absolute Gasteiger partial charge is 0.0771 e. The Morgan fingerprint density at radius 2 is 1.86 bits per heavy atom. The van der Waals surface area contributed by atoms with Crippen LogP contribution < -0.4 is 5.73 Å². The van der Waals surface area contributed by atoms with Crippen molar-refractivity contribution in [2.75, 3.05) is 0 Å². The van der Waals surface area contributed by atoms with E-state index in [9.17, 15) is 0 Å². The predicted molar refractivity (Wildman–Crippen MR) is 65.6 cm³/mol. The molecule has 1 aromatic rings. The van der Waals surface area contributed by atoms with Gasteiger partial charge < -0.3 is 5.73 Å². The van der Waals surface area contributed by atoms with E-state index >= 15 is 0 Å². The van der Waals surface area contributed by atoms with Crippen LogP contribution in [0.2, 0.25) is 0 Å². The first-order valence-corrected chi connectivity index (χ1v) is 5.19. The Morgan fingerprint density at radius 1 is 1.29 bits per heavy atom. The number of hydrogen-bond donors (Lipinski definition) is 1. The maximum atomic E-state index is 5.57. The van der Waals surface area contributed by atoms with Gasteiger partial charge in [-0.15, -0.1) is 0 Å². The van der Waals surface area contributed by atoms with Gasteiger partial charge >= 0.3 is 0 Å². The first kappa shape index (κ1) is 11.2. The zero-order valence-corrected chi connectivity index (χ0v) is 9.82. The van der Waals surface area contributed by atoms with Crippen molar-refractivity contribution in [2.24, 2.45) is 5.73 Å². The Kier molecular flexibility index (Phi) is 3.27. The van der Waals surface area contributed by atoms with Crippen LogP contribution >= 0.6 is 12.2 Å². The highest BCUT2D eigenvalue weighted by Crippen LogP contribution is 2.25. The van der Waals surface area contributed by atoms with Crippen molar-refractivity contribution < 1.29 is 0 Å². The van der Waals surface area contributed by atoms with Crippen molar-refractivity contribution in [3.63, 3.8) is 0 Å². The van der Waals surface area contributed by atoms with Gasteiger partial charge in [0.2, 0.25) is 0 Å². The molecule has 0 radical (unpaired) electrons. The molecule has 0 saturated heterocycles. The monoisotopic (exact) mass is 207 g/mol. The number of hydrogen-bond acceptors (Lipinski definition) is 1. The average molecular weight is 207 g/mol. The molecule has 0 spiro atoms. The van der Waals surface area contributed by atoms with E-state index < -0.39 is 0 Å². The lowest BCUT2D eigenvalue weighted by atomic mass is 9.83. The predicted octanol–water partition coefficient (Wildman–Crippen LogP) is 2.81. The summed E-state index contributed by atoms with van der Waals surface area (Å²) in [6, 6.07) is 8.33. The second kappa shape index (κ2) is 4.09. The largest absolute Gasteiger partial charge is 0.393 e. The molecule has 14 heavy (non-hydrogen) atoms. The quantitative estimate of drug-likeness (QED) is 0.755. The highest BCUT2D eigenvalue weighted by Gasteiger charge is 2.17. The van der Waals surface area contributed by atoms with Crippen LogP contribution in [0.5, 0.6) is 0 Å². The lowest BCUT2D eigenvalue weighted by molar-refractivity contribution is 0.585. The van der Waals surface area contributed by atoms with Gasteiger partial charge in [0.1, 0.15) is 0 Å². The standard InChI is InChI=1S/C12H17NS/c1-12(2,3)10-7-5-4-6-9(10)8-11(13)14/h4-7H,8H2,1-3H3,(H2,13,14). The van der Waals surface area contributed by atoms with Crippen LogP contribution in [0.25, 0.3) is 0 Å². The van der Waals surface area contributed by atoms with Gasteiger partial charge in [-0.25, -0.2) is 0 Å². The molecule has 0 unspecified atom stereocenters. The van der Waals surface area contributed by atoms with Crippen LogP contribution in [0.1, 0.15) is 31.9 Å². The summed E-state index contributed by atoms with van der Waals surface area (Å²) in [5, 5.41) is 0. The molecule has 0 aromatic heterocycles. The topological polar surface area (TPSA) is 26.0 Å². The molecule has 0 amide bonds. The third kappa shape index (κ3) is 2.81. The normalized spacial score (nSPS) is 11.4. The highest BCUT2D eigenvalue weighted by molar-refractivity contribution is 7.80. The lowest BCUT2D eigenvalue weighted by Crippen LogP contribution is -2.18. The molecular formula is C12H17NS. The van der Waals surface area contributed by atoms with Crippen molar-refractivity contribution in [1.82, 2.24) is 0 Å². The van der Waals surface area contributed by atoms with Crippen molar-refractivity contribution in [1.29, 1.82) is 0 Å². The minimum Gasteiger partial charge on any atom is -0.393 e. The van der Waals surface area contributed by atoms with Crippen LogP contribution in [0.3, 0.4) is 0 Å². The van der Waals surface area contributed by atoms with E-state index in [0.29, 0.717) is 11.4 Å². The Hall–Kier alpha value is -0.890. The molecule has 0 fully saturated rings. The summed E-state index contributed by atoms with van der Waals surface area (Å²) in [6.45, 7) is 6.60. The number of nitrogens with two attached hydrogens (primary N) is 1. The molecular weight excluding hydrogens is 190 g/mol. The first-order valence-electron chi connectivity index (χ1n) is 4.78. The Labute approximate surface area is 91.3 Å². The molecule has 0 heterocycles. The fourth-order valence-corrected chi connectivity index (χ4v) is 1.75. The zero-order chi connectivity index (χ0) is 10.8. The second-order valence-corrected chi connectivity index (χ2v) is 5.07. The van der Waals surface area contributed by atoms with Gasteiger partial charge in [0.15, 0.2) is 0 Å². The minimum absolute atomic E-state index is 0.154. The van der Waals surface area contributed by atoms with Gasteiger partial charge in [-0.1, -0.05) is 57.3 Å². The van der Waals surface area contributed by atoms with Crippen molar-refractivity contribution in [3.05, 3.63) is 35.4 Å². The van der Waals surface area contributed by atoms with Crippen molar-refractivity contribution >= 4 is 17.2 Å². The Bertz CT molecular complexity index is 336. The molecule has 0 aliphatic heterocycles. The van der Waals surface area contributed by atoms with E-state index in [1.165, 1.54) is 11.1 Å². The average Bonchev–Trinajstić information content (AvgIpc) is 2.01. The minimum atomic E-state index is 0.154. The van der Waals surface area contributed by atoms with Crippen molar-refractivity contribution in [3.8, 4) is 0 Å². The molecule has 1 rings (SSSR count). The van der Waals surface area contributed by atoms with Gasteiger partial charge in [-0.05, 0) is 16.5 Å². The first-order chi connectivity index (χ1) is 6.41. The van der Waals surface area contributed by atoms with Crippen molar-refractivity contribution in [2.45, 2.75) is 32.6 Å². The van der Waals surface area contributed by atoms with E-state index in [1.54, 1.807) is 0 Å². The Balaban J connectivity index is 3.10. The van der Waals surface area contributed by atoms with E-state index in [4.69, 9.17) is 18.0 Å². The van der Waals surface area contributed by atoms with Gasteiger partial charge in [-0.3, -0.25) is 0 Å². The molecule has 2 N–H and O–H groups in total. The maximum Gasteiger partial charge on any atom is 0.0771 e. The zero-order valence-electron chi connectivity index (χ0n) is 9.00. The summed E-state index contributed by atoms with van der Waals surface area (Å²) in [6.07, 6.45) is 0.697. The fourth-order valence-electron chi connectivity index (χ4n) is 1.59. The molecule has 0 atom stereocenters. The second-order valence-electron chi connectivity index (χ2n) is 4.55. The fraction of sp³-hybridized carbons (Fsp3) is 0.417. The summed E-state index contributed by atoms with van der Waals surface area (Å²) < 4.78 is 0. The molecule has 0 saturated carbocycles. The summed E-state index contributed by atoms with van der Waals surface area (Å²) in [5.74, 6) is 0. The lowest BCUT2D eigenvalue weighted by Gasteiger charge is -2.22. The van der Waals surface area contributed by atoms with Crippen LogP contribution in [0, 0.1) is 0 Å². The maximum absolute atomic E-state index is 5.57. The summed E-state index contributed by atoms with van der Waals surface area (Å²) in [5.41, 5.74) is 8.29. The van der Waals surface area contributed by atoms with E-state index in [0.717, 1.165) is 0 Å². The number of benzene rings is 1. The number of rotatable bonds is 2. The Morgan fingerprint density at radius 3 is 2.36 bits per heavy atom. The summed E-state index contributed by atoms with van der Waals surface area (Å²) >= 11 is 4.94. The van der Waals surface area contributed by atoms with Gasteiger partial charge in [0.05, 0.1) is 4.99 Å². The summed E-state index contributed by atoms with van der Waals surface area (Å²) in [7, 11) is 0. The molecule has 0 aliphatic rings. The third-order valence-electron chi connectivity index (χ3n) is 2.19. The van der Waals surface area contributed by atoms with E-state index in [2.05, 4.69) is 39.0 Å². The number of thiocarbonyl (C=S) groups is 1. The van der Waals surface area contributed by atoms with Gasteiger partial charge in [-0.2, -0.15) is 0 Å².